The summed E-state index contributed by atoms with van der Waals surface area (Å²) in [4.78, 5) is 16.0. The van der Waals surface area contributed by atoms with Gasteiger partial charge in [-0.05, 0) is 17.9 Å². The average molecular weight is 274 g/mol. The van der Waals surface area contributed by atoms with Crippen LogP contribution in [0.1, 0.15) is 23.3 Å². The van der Waals surface area contributed by atoms with E-state index < -0.39 is 0 Å². The van der Waals surface area contributed by atoms with E-state index in [2.05, 4.69) is 10.3 Å². The molecule has 0 bridgehead atoms. The van der Waals surface area contributed by atoms with Gasteiger partial charge in [-0.25, -0.2) is 4.98 Å². The number of hydrogen-bond donors (Lipinski definition) is 1. The SMILES string of the molecule is N#CCCCNC(=O)c1cc2ccccc2c(Cl)n1. The summed E-state index contributed by atoms with van der Waals surface area (Å²) in [5.74, 6) is -0.273. The summed E-state index contributed by atoms with van der Waals surface area (Å²) < 4.78 is 0. The van der Waals surface area contributed by atoms with Crippen molar-refractivity contribution in [1.82, 2.24) is 10.3 Å². The van der Waals surface area contributed by atoms with Crippen LogP contribution < -0.4 is 5.32 Å². The van der Waals surface area contributed by atoms with Gasteiger partial charge in [0.15, 0.2) is 0 Å². The number of nitrogens with zero attached hydrogens (tertiary/aromatic N) is 2. The lowest BCUT2D eigenvalue weighted by Crippen LogP contribution is -2.25. The van der Waals surface area contributed by atoms with Crippen molar-refractivity contribution in [3.63, 3.8) is 0 Å². The molecule has 0 saturated carbocycles. The summed E-state index contributed by atoms with van der Waals surface area (Å²) in [6, 6.07) is 11.2. The highest BCUT2D eigenvalue weighted by atomic mass is 35.5. The molecule has 19 heavy (non-hydrogen) atoms. The van der Waals surface area contributed by atoms with Crippen LogP contribution in [0.2, 0.25) is 5.15 Å². The lowest BCUT2D eigenvalue weighted by molar-refractivity contribution is 0.0948. The van der Waals surface area contributed by atoms with Crippen molar-refractivity contribution in [2.45, 2.75) is 12.8 Å². The molecule has 0 atom stereocenters. The van der Waals surface area contributed by atoms with Crippen molar-refractivity contribution in [3.05, 3.63) is 41.2 Å². The van der Waals surface area contributed by atoms with E-state index in [4.69, 9.17) is 16.9 Å². The number of rotatable bonds is 4. The first-order valence-corrected chi connectivity index (χ1v) is 6.30. The molecule has 0 aliphatic rings. The smallest absolute Gasteiger partial charge is 0.269 e. The minimum Gasteiger partial charge on any atom is -0.351 e. The highest BCUT2D eigenvalue weighted by Gasteiger charge is 2.10. The minimum atomic E-state index is -0.273. The first kappa shape index (κ1) is 13.3. The Kier molecular flexibility index (Phi) is 4.32. The van der Waals surface area contributed by atoms with Crippen LogP contribution >= 0.6 is 11.6 Å². The Balaban J connectivity index is 2.16. The predicted molar refractivity (Wildman–Crippen MR) is 73.9 cm³/mol. The number of nitriles is 1. The van der Waals surface area contributed by atoms with Crippen LogP contribution in [-0.2, 0) is 0 Å². The van der Waals surface area contributed by atoms with Crippen molar-refractivity contribution in [2.24, 2.45) is 0 Å². The molecule has 1 heterocycles. The van der Waals surface area contributed by atoms with Gasteiger partial charge in [-0.1, -0.05) is 35.9 Å². The standard InChI is InChI=1S/C14H12ClN3O/c15-13-11-6-2-1-5-10(11)9-12(18-13)14(19)17-8-4-3-7-16/h1-2,5-6,9H,3-4,8H2,(H,17,19). The molecule has 2 aromatic rings. The van der Waals surface area contributed by atoms with Gasteiger partial charge in [-0.3, -0.25) is 4.79 Å². The number of halogens is 1. The van der Waals surface area contributed by atoms with E-state index >= 15 is 0 Å². The molecule has 1 N–H and O–H groups in total. The number of nitrogens with one attached hydrogen (secondary N) is 1. The van der Waals surface area contributed by atoms with Crippen LogP contribution in [-0.4, -0.2) is 17.4 Å². The lowest BCUT2D eigenvalue weighted by Gasteiger charge is -2.06. The fraction of sp³-hybridized carbons (Fsp3) is 0.214. The normalized spacial score (nSPS) is 10.1. The molecule has 0 fully saturated rings. The number of carbonyl (C=O) groups excluding carboxylic acids is 1. The van der Waals surface area contributed by atoms with Crippen LogP contribution in [0.4, 0.5) is 0 Å². The quantitative estimate of drug-likeness (QED) is 0.688. The Labute approximate surface area is 116 Å². The molecule has 1 aromatic carbocycles. The predicted octanol–water partition coefficient (Wildman–Crippen LogP) is 2.92. The third-order valence-electron chi connectivity index (χ3n) is 2.68. The summed E-state index contributed by atoms with van der Waals surface area (Å²) in [5.41, 5.74) is 0.292. The molecular weight excluding hydrogens is 262 g/mol. The van der Waals surface area contributed by atoms with E-state index in [0.29, 0.717) is 30.2 Å². The molecule has 1 amide bonds. The minimum absolute atomic E-state index is 0.273. The number of fused-ring (bicyclic) bond motifs is 1. The Morgan fingerprint density at radius 3 is 3.00 bits per heavy atom. The molecule has 1 aromatic heterocycles. The first-order valence-electron chi connectivity index (χ1n) is 5.93. The van der Waals surface area contributed by atoms with Gasteiger partial charge in [0.1, 0.15) is 10.8 Å². The summed E-state index contributed by atoms with van der Waals surface area (Å²) >= 11 is 6.06. The summed E-state index contributed by atoms with van der Waals surface area (Å²) in [6.45, 7) is 0.457. The van der Waals surface area contributed by atoms with Crippen molar-refractivity contribution in [3.8, 4) is 6.07 Å². The first-order chi connectivity index (χ1) is 9.22. The van der Waals surface area contributed by atoms with Crippen molar-refractivity contribution in [2.75, 3.05) is 6.54 Å². The van der Waals surface area contributed by atoms with Gasteiger partial charge in [-0.2, -0.15) is 5.26 Å². The third kappa shape index (κ3) is 3.21. The molecule has 0 unspecified atom stereocenters. The Hall–Kier alpha value is -2.12. The third-order valence-corrected chi connectivity index (χ3v) is 2.97. The number of hydrogen-bond acceptors (Lipinski definition) is 3. The van der Waals surface area contributed by atoms with E-state index in [0.717, 1.165) is 10.8 Å². The second-order valence-corrected chi connectivity index (χ2v) is 4.40. The van der Waals surface area contributed by atoms with Crippen molar-refractivity contribution in [1.29, 1.82) is 5.26 Å². The van der Waals surface area contributed by atoms with Gasteiger partial charge in [-0.15, -0.1) is 0 Å². The molecule has 0 spiro atoms. The zero-order chi connectivity index (χ0) is 13.7. The summed E-state index contributed by atoms with van der Waals surface area (Å²) in [5, 5.41) is 13.1. The molecule has 5 heteroatoms. The average Bonchev–Trinajstić information content (AvgIpc) is 2.43. The molecule has 0 aliphatic carbocycles. The Bertz CT molecular complexity index is 649. The van der Waals surface area contributed by atoms with Gasteiger partial charge in [0.25, 0.3) is 5.91 Å². The molecule has 96 valence electrons. The highest BCUT2D eigenvalue weighted by Crippen LogP contribution is 2.22. The summed E-state index contributed by atoms with van der Waals surface area (Å²) in [7, 11) is 0. The van der Waals surface area contributed by atoms with Crippen LogP contribution in [0.25, 0.3) is 10.8 Å². The van der Waals surface area contributed by atoms with Gasteiger partial charge in [0.05, 0.1) is 6.07 Å². The Morgan fingerprint density at radius 1 is 1.42 bits per heavy atom. The molecule has 2 rings (SSSR count). The fourth-order valence-corrected chi connectivity index (χ4v) is 2.00. The van der Waals surface area contributed by atoms with E-state index in [9.17, 15) is 4.79 Å². The van der Waals surface area contributed by atoms with Gasteiger partial charge in [0, 0.05) is 18.4 Å². The Morgan fingerprint density at radius 2 is 2.21 bits per heavy atom. The zero-order valence-corrected chi connectivity index (χ0v) is 10.9. The molecule has 4 nitrogen and oxygen atoms in total. The highest BCUT2D eigenvalue weighted by molar-refractivity contribution is 6.34. The van der Waals surface area contributed by atoms with E-state index in [-0.39, 0.29) is 5.91 Å². The van der Waals surface area contributed by atoms with E-state index in [1.807, 2.05) is 30.3 Å². The summed E-state index contributed by atoms with van der Waals surface area (Å²) in [6.07, 6.45) is 1.05. The molecule has 0 radical (unpaired) electrons. The van der Waals surface area contributed by atoms with Gasteiger partial charge < -0.3 is 5.32 Å². The fourth-order valence-electron chi connectivity index (χ4n) is 1.73. The van der Waals surface area contributed by atoms with Crippen LogP contribution in [0.3, 0.4) is 0 Å². The zero-order valence-electron chi connectivity index (χ0n) is 10.2. The maximum atomic E-state index is 11.9. The van der Waals surface area contributed by atoms with Crippen molar-refractivity contribution < 1.29 is 4.79 Å². The molecule has 0 saturated heterocycles. The molecular formula is C14H12ClN3O. The number of aromatic nitrogens is 1. The molecule has 0 aliphatic heterocycles. The number of pyridine rings is 1. The monoisotopic (exact) mass is 273 g/mol. The second-order valence-electron chi connectivity index (χ2n) is 4.04. The lowest BCUT2D eigenvalue weighted by atomic mass is 10.1. The maximum Gasteiger partial charge on any atom is 0.269 e. The number of benzene rings is 1. The van der Waals surface area contributed by atoms with Crippen molar-refractivity contribution >= 4 is 28.3 Å². The number of amides is 1. The van der Waals surface area contributed by atoms with E-state index in [1.54, 1.807) is 6.07 Å². The van der Waals surface area contributed by atoms with Crippen LogP contribution in [0.15, 0.2) is 30.3 Å². The van der Waals surface area contributed by atoms with E-state index in [1.165, 1.54) is 0 Å². The topological polar surface area (TPSA) is 65.8 Å². The van der Waals surface area contributed by atoms with Crippen LogP contribution in [0, 0.1) is 11.3 Å². The number of carbonyl (C=O) groups is 1. The second kappa shape index (κ2) is 6.17. The number of unbranched alkanes of at least 4 members (excludes halogenated alkanes) is 1. The maximum absolute atomic E-state index is 11.9. The largest absolute Gasteiger partial charge is 0.351 e. The van der Waals surface area contributed by atoms with Crippen LogP contribution in [0.5, 0.6) is 0 Å². The van der Waals surface area contributed by atoms with Gasteiger partial charge in [0.2, 0.25) is 0 Å². The van der Waals surface area contributed by atoms with Gasteiger partial charge >= 0.3 is 0 Å².